The van der Waals surface area contributed by atoms with Gasteiger partial charge in [0.2, 0.25) is 5.91 Å². The number of amides is 1. The standard InChI is InChI=1S/C26H25N3O5S/c1-2-34-26(31)24-21-14-15-28(16-19-6-4-3-5-7-19)17-22(21)35-25(24)27-23(30)13-10-18-8-11-20(12-9-18)29(32)33/h3-13H,2,14-17H2,1H3,(H,27,30)/b13-10-. The van der Waals surface area contributed by atoms with Crippen LogP contribution in [0.25, 0.3) is 6.08 Å². The van der Waals surface area contributed by atoms with Crippen LogP contribution >= 0.6 is 11.3 Å². The Labute approximate surface area is 207 Å². The van der Waals surface area contributed by atoms with Crippen LogP contribution in [-0.2, 0) is 29.0 Å². The van der Waals surface area contributed by atoms with E-state index in [-0.39, 0.29) is 12.3 Å². The highest BCUT2D eigenvalue weighted by Gasteiger charge is 2.29. The SMILES string of the molecule is CCOC(=O)c1c(NC(=O)/C=C\c2ccc([N+](=O)[O-])cc2)sc2c1CCN(Cc1ccccc1)C2. The van der Waals surface area contributed by atoms with Crippen LogP contribution in [0, 0.1) is 10.1 Å². The van der Waals surface area contributed by atoms with E-state index >= 15 is 0 Å². The Hall–Kier alpha value is -3.82. The van der Waals surface area contributed by atoms with Gasteiger partial charge in [-0.15, -0.1) is 11.3 Å². The van der Waals surface area contributed by atoms with Crippen molar-refractivity contribution in [3.8, 4) is 0 Å². The molecule has 0 aliphatic carbocycles. The first-order chi connectivity index (χ1) is 16.9. The van der Waals surface area contributed by atoms with Crippen LogP contribution in [0.1, 0.15) is 38.8 Å². The minimum atomic E-state index is -0.476. The summed E-state index contributed by atoms with van der Waals surface area (Å²) in [5, 5.41) is 14.1. The number of hydrogen-bond acceptors (Lipinski definition) is 7. The molecule has 2 heterocycles. The predicted octanol–water partition coefficient (Wildman–Crippen LogP) is 5.04. The third-order valence-electron chi connectivity index (χ3n) is 5.63. The predicted molar refractivity (Wildman–Crippen MR) is 135 cm³/mol. The van der Waals surface area contributed by atoms with Gasteiger partial charge in [-0.3, -0.25) is 19.8 Å². The van der Waals surface area contributed by atoms with Gasteiger partial charge >= 0.3 is 5.97 Å². The van der Waals surface area contributed by atoms with Crippen LogP contribution in [0.15, 0.2) is 60.7 Å². The van der Waals surface area contributed by atoms with E-state index in [9.17, 15) is 19.7 Å². The molecule has 1 aromatic heterocycles. The van der Waals surface area contributed by atoms with E-state index in [0.717, 1.165) is 23.5 Å². The van der Waals surface area contributed by atoms with Crippen molar-refractivity contribution in [1.29, 1.82) is 0 Å². The van der Waals surface area contributed by atoms with E-state index in [0.29, 0.717) is 29.1 Å². The van der Waals surface area contributed by atoms with Gasteiger partial charge in [0.1, 0.15) is 5.00 Å². The number of nitro benzene ring substituents is 1. The number of hydrogen-bond donors (Lipinski definition) is 1. The molecule has 1 amide bonds. The summed E-state index contributed by atoms with van der Waals surface area (Å²) in [5.41, 5.74) is 3.23. The zero-order valence-electron chi connectivity index (χ0n) is 19.2. The Morgan fingerprint density at radius 1 is 1.17 bits per heavy atom. The number of rotatable bonds is 8. The Balaban J connectivity index is 1.51. The van der Waals surface area contributed by atoms with Crippen LogP contribution in [0.5, 0.6) is 0 Å². The summed E-state index contributed by atoms with van der Waals surface area (Å²) in [6, 6.07) is 16.1. The van der Waals surface area contributed by atoms with Crippen molar-refractivity contribution >= 4 is 40.0 Å². The van der Waals surface area contributed by atoms with Crippen molar-refractivity contribution in [1.82, 2.24) is 4.90 Å². The number of fused-ring (bicyclic) bond motifs is 1. The third-order valence-corrected chi connectivity index (χ3v) is 6.76. The summed E-state index contributed by atoms with van der Waals surface area (Å²) in [6.07, 6.45) is 3.61. The number of esters is 1. The van der Waals surface area contributed by atoms with Gasteiger partial charge in [0, 0.05) is 42.7 Å². The molecular weight excluding hydrogens is 466 g/mol. The summed E-state index contributed by atoms with van der Waals surface area (Å²) < 4.78 is 5.29. The maximum atomic E-state index is 12.8. The van der Waals surface area contributed by atoms with Gasteiger partial charge in [0.05, 0.1) is 17.1 Å². The molecule has 1 N–H and O–H groups in total. The fraction of sp³-hybridized carbons (Fsp3) is 0.231. The van der Waals surface area contributed by atoms with Crippen LogP contribution < -0.4 is 5.32 Å². The maximum absolute atomic E-state index is 12.8. The van der Waals surface area contributed by atoms with Gasteiger partial charge in [-0.05, 0) is 48.2 Å². The van der Waals surface area contributed by atoms with Crippen molar-refractivity contribution in [3.63, 3.8) is 0 Å². The first-order valence-electron chi connectivity index (χ1n) is 11.3. The molecule has 4 rings (SSSR count). The highest BCUT2D eigenvalue weighted by atomic mass is 32.1. The van der Waals surface area contributed by atoms with Crippen molar-refractivity contribution in [2.75, 3.05) is 18.5 Å². The minimum Gasteiger partial charge on any atom is -0.462 e. The van der Waals surface area contributed by atoms with Crippen molar-refractivity contribution in [2.24, 2.45) is 0 Å². The van der Waals surface area contributed by atoms with E-state index in [1.165, 1.54) is 35.1 Å². The van der Waals surface area contributed by atoms with E-state index in [2.05, 4.69) is 22.3 Å². The number of nitro groups is 1. The number of nitrogens with zero attached hydrogens (tertiary/aromatic N) is 2. The quantitative estimate of drug-likeness (QED) is 0.205. The summed E-state index contributed by atoms with van der Waals surface area (Å²) >= 11 is 1.40. The second kappa shape index (κ2) is 11.1. The van der Waals surface area contributed by atoms with Crippen LogP contribution in [-0.4, -0.2) is 34.9 Å². The highest BCUT2D eigenvalue weighted by Crippen LogP contribution is 2.38. The molecule has 0 atom stereocenters. The van der Waals surface area contributed by atoms with Crippen molar-refractivity contribution < 1.29 is 19.2 Å². The molecule has 1 aliphatic heterocycles. The van der Waals surface area contributed by atoms with Crippen molar-refractivity contribution in [3.05, 3.63) is 97.9 Å². The zero-order valence-corrected chi connectivity index (χ0v) is 20.0. The lowest BCUT2D eigenvalue weighted by atomic mass is 10.0. The molecule has 0 saturated carbocycles. The summed E-state index contributed by atoms with van der Waals surface area (Å²) in [4.78, 5) is 39.1. The summed E-state index contributed by atoms with van der Waals surface area (Å²) in [5.74, 6) is -0.829. The number of carbonyl (C=O) groups is 2. The minimum absolute atomic E-state index is 0.0174. The summed E-state index contributed by atoms with van der Waals surface area (Å²) in [6.45, 7) is 4.31. The Morgan fingerprint density at radius 3 is 2.60 bits per heavy atom. The van der Waals surface area contributed by atoms with Gasteiger partial charge in [0.25, 0.3) is 5.69 Å². The number of anilines is 1. The number of nitrogens with one attached hydrogen (secondary N) is 1. The first-order valence-corrected chi connectivity index (χ1v) is 12.1. The van der Waals surface area contributed by atoms with E-state index in [1.54, 1.807) is 25.1 Å². The van der Waals surface area contributed by atoms with Crippen LogP contribution in [0.2, 0.25) is 0 Å². The fourth-order valence-corrected chi connectivity index (χ4v) is 5.25. The van der Waals surface area contributed by atoms with E-state index in [4.69, 9.17) is 4.74 Å². The van der Waals surface area contributed by atoms with Gasteiger partial charge in [-0.2, -0.15) is 0 Å². The van der Waals surface area contributed by atoms with Gasteiger partial charge in [-0.25, -0.2) is 4.79 Å². The molecule has 0 saturated heterocycles. The number of non-ortho nitro benzene ring substituents is 1. The Kier molecular flexibility index (Phi) is 7.69. The second-order valence-electron chi connectivity index (χ2n) is 8.05. The number of carbonyl (C=O) groups excluding carboxylic acids is 2. The average Bonchev–Trinajstić information content (AvgIpc) is 3.20. The normalized spacial score (nSPS) is 13.4. The molecule has 180 valence electrons. The molecule has 0 spiro atoms. The first kappa shape index (κ1) is 24.3. The average molecular weight is 492 g/mol. The monoisotopic (exact) mass is 491 g/mol. The molecule has 2 aromatic carbocycles. The van der Waals surface area contributed by atoms with Crippen LogP contribution in [0.3, 0.4) is 0 Å². The van der Waals surface area contributed by atoms with E-state index in [1.807, 2.05) is 18.2 Å². The van der Waals surface area contributed by atoms with Gasteiger partial charge in [0.15, 0.2) is 0 Å². The smallest absolute Gasteiger partial charge is 0.341 e. The summed E-state index contributed by atoms with van der Waals surface area (Å²) in [7, 11) is 0. The molecule has 0 fully saturated rings. The van der Waals surface area contributed by atoms with Gasteiger partial charge in [-0.1, -0.05) is 30.3 Å². The number of thiophene rings is 1. The largest absolute Gasteiger partial charge is 0.462 e. The molecule has 0 bridgehead atoms. The molecule has 8 nitrogen and oxygen atoms in total. The lowest BCUT2D eigenvalue weighted by molar-refractivity contribution is -0.384. The van der Waals surface area contributed by atoms with Gasteiger partial charge < -0.3 is 10.1 Å². The highest BCUT2D eigenvalue weighted by molar-refractivity contribution is 7.17. The zero-order chi connectivity index (χ0) is 24.8. The molecule has 3 aromatic rings. The molecule has 0 radical (unpaired) electrons. The molecule has 1 aliphatic rings. The number of benzene rings is 2. The lowest BCUT2D eigenvalue weighted by Crippen LogP contribution is -2.29. The molecular formula is C26H25N3O5S. The second-order valence-corrected chi connectivity index (χ2v) is 9.15. The van der Waals surface area contributed by atoms with E-state index < -0.39 is 16.8 Å². The molecule has 9 heteroatoms. The maximum Gasteiger partial charge on any atom is 0.341 e. The lowest BCUT2D eigenvalue weighted by Gasteiger charge is -2.27. The Bertz CT molecular complexity index is 1250. The number of ether oxygens (including phenoxy) is 1. The Morgan fingerprint density at radius 2 is 1.91 bits per heavy atom. The third kappa shape index (κ3) is 6.00. The molecule has 0 unspecified atom stereocenters. The molecule has 35 heavy (non-hydrogen) atoms. The topological polar surface area (TPSA) is 102 Å². The van der Waals surface area contributed by atoms with Crippen molar-refractivity contribution in [2.45, 2.75) is 26.4 Å². The van der Waals surface area contributed by atoms with Crippen LogP contribution in [0.4, 0.5) is 10.7 Å². The fourth-order valence-electron chi connectivity index (χ4n) is 3.97.